The summed E-state index contributed by atoms with van der Waals surface area (Å²) >= 11 is 7.06. The van der Waals surface area contributed by atoms with Crippen LogP contribution in [0.4, 0.5) is 19.8 Å². The fourth-order valence-electron chi connectivity index (χ4n) is 6.82. The number of aromatic nitrogens is 1. The number of fused-ring (bicyclic) bond motifs is 2. The molecule has 1 unspecified atom stereocenters. The van der Waals surface area contributed by atoms with Crippen molar-refractivity contribution in [2.45, 2.75) is 90.6 Å². The largest absolute Gasteiger partial charge is 0.514 e. The summed E-state index contributed by atoms with van der Waals surface area (Å²) in [6.45, 7) is 15.8. The molecule has 2 atom stereocenters. The van der Waals surface area contributed by atoms with Crippen molar-refractivity contribution in [3.8, 4) is 22.8 Å². The second-order valence-corrected chi connectivity index (χ2v) is 15.8. The molecule has 4 heterocycles. The predicted molar refractivity (Wildman–Crippen MR) is 183 cm³/mol. The van der Waals surface area contributed by atoms with Crippen LogP contribution >= 0.6 is 11.6 Å². The quantitative estimate of drug-likeness (QED) is 0.268. The van der Waals surface area contributed by atoms with Crippen molar-refractivity contribution in [3.05, 3.63) is 34.6 Å². The maximum absolute atomic E-state index is 15.9. The fraction of sp³-hybridized carbons (Fsp3) is 0.600. The number of anilines is 1. The van der Waals surface area contributed by atoms with Crippen LogP contribution in [0.3, 0.4) is 0 Å². The molecule has 12 nitrogen and oxygen atoms in total. The minimum atomic E-state index is -1.03. The van der Waals surface area contributed by atoms with Gasteiger partial charge in [0.15, 0.2) is 5.75 Å². The average molecular weight is 704 g/mol. The SMILES string of the molecule is CN(C)C1CCN(c2nc(-c3c(F)cccc3OC(=O)OC(C)(C)C)c(Cl)c3c2C(=O)N2CCN(C(=O)OC(C)(C)C)C[C@@H]2CO3)C1(C)C. The molecule has 0 spiro atoms. The van der Waals surface area contributed by atoms with Gasteiger partial charge in [0.2, 0.25) is 0 Å². The summed E-state index contributed by atoms with van der Waals surface area (Å²) < 4.78 is 38.7. The van der Waals surface area contributed by atoms with E-state index in [9.17, 15) is 14.4 Å². The molecule has 1 aromatic heterocycles. The van der Waals surface area contributed by atoms with E-state index in [4.69, 9.17) is 35.5 Å². The number of rotatable bonds is 4. The van der Waals surface area contributed by atoms with Crippen LogP contribution in [-0.4, -0.2) is 114 Å². The van der Waals surface area contributed by atoms with Gasteiger partial charge in [-0.25, -0.2) is 19.0 Å². The van der Waals surface area contributed by atoms with Crippen molar-refractivity contribution in [3.63, 3.8) is 0 Å². The van der Waals surface area contributed by atoms with Crippen LogP contribution in [0.15, 0.2) is 18.2 Å². The van der Waals surface area contributed by atoms with E-state index in [1.54, 1.807) is 51.3 Å². The van der Waals surface area contributed by atoms with Gasteiger partial charge in [-0.15, -0.1) is 0 Å². The molecule has 14 heteroatoms. The second-order valence-electron chi connectivity index (χ2n) is 15.4. The van der Waals surface area contributed by atoms with Crippen LogP contribution in [0.1, 0.15) is 72.2 Å². The van der Waals surface area contributed by atoms with Crippen molar-refractivity contribution < 1.29 is 37.7 Å². The Hall–Kier alpha value is -3.84. The first-order chi connectivity index (χ1) is 22.7. The number of hydrogen-bond donors (Lipinski definition) is 0. The van der Waals surface area contributed by atoms with E-state index in [-0.39, 0.29) is 77.4 Å². The monoisotopic (exact) mass is 703 g/mol. The van der Waals surface area contributed by atoms with Gasteiger partial charge < -0.3 is 38.5 Å². The number of ether oxygens (including phenoxy) is 4. The number of nitrogens with zero attached hydrogens (tertiary/aromatic N) is 5. The highest BCUT2D eigenvalue weighted by atomic mass is 35.5. The Bertz CT molecular complexity index is 1640. The van der Waals surface area contributed by atoms with E-state index in [0.29, 0.717) is 6.54 Å². The van der Waals surface area contributed by atoms with Crippen molar-refractivity contribution >= 4 is 35.6 Å². The summed E-state index contributed by atoms with van der Waals surface area (Å²) in [4.78, 5) is 52.7. The van der Waals surface area contributed by atoms with Crippen LogP contribution in [0.2, 0.25) is 5.02 Å². The first-order valence-electron chi connectivity index (χ1n) is 16.5. The lowest BCUT2D eigenvalue weighted by molar-refractivity contribution is 0.000932. The van der Waals surface area contributed by atoms with E-state index in [1.807, 2.05) is 19.0 Å². The number of piperazine rings is 1. The average Bonchev–Trinajstić information content (AvgIpc) is 3.20. The molecule has 0 saturated carbocycles. The molecule has 2 fully saturated rings. The van der Waals surface area contributed by atoms with Crippen molar-refractivity contribution in [1.29, 1.82) is 0 Å². The van der Waals surface area contributed by atoms with E-state index >= 15 is 4.39 Å². The molecule has 49 heavy (non-hydrogen) atoms. The van der Waals surface area contributed by atoms with Crippen molar-refractivity contribution in [2.24, 2.45) is 0 Å². The zero-order chi connectivity index (χ0) is 36.2. The number of likely N-dealkylation sites (N-methyl/N-ethyl adjacent to an activating group) is 1. The molecular weight excluding hydrogens is 657 g/mol. The summed E-state index contributed by atoms with van der Waals surface area (Å²) in [7, 11) is 4.00. The smallest absolute Gasteiger partial charge is 0.489 e. The summed E-state index contributed by atoms with van der Waals surface area (Å²) in [5.74, 6) is -0.957. The van der Waals surface area contributed by atoms with Gasteiger partial charge in [-0.05, 0) is 88.0 Å². The Morgan fingerprint density at radius 3 is 2.33 bits per heavy atom. The molecule has 2 saturated heterocycles. The van der Waals surface area contributed by atoms with E-state index in [2.05, 4.69) is 18.7 Å². The minimum absolute atomic E-state index is 0.00288. The molecule has 268 valence electrons. The van der Waals surface area contributed by atoms with Gasteiger partial charge in [0, 0.05) is 32.2 Å². The van der Waals surface area contributed by atoms with Gasteiger partial charge in [0.25, 0.3) is 5.91 Å². The lowest BCUT2D eigenvalue weighted by Gasteiger charge is -2.41. The highest BCUT2D eigenvalue weighted by Gasteiger charge is 2.48. The molecule has 3 aliphatic rings. The standard InChI is InChI=1S/C35H47ClFN5O7/c1-33(2,3)48-31(44)40-16-17-41-20(18-40)19-46-28-25(30(41)43)29(42-15-14-23(39(9)10)35(42,7)8)38-27(26(28)36)24-21(37)12-11-13-22(24)47-32(45)49-34(4,5)6/h11-13,20,23H,14-19H2,1-10H3/t20-,23?/m1/s1. The molecule has 2 aromatic rings. The van der Waals surface area contributed by atoms with Gasteiger partial charge in [-0.2, -0.15) is 0 Å². The molecule has 5 rings (SSSR count). The maximum atomic E-state index is 15.9. The zero-order valence-corrected chi connectivity index (χ0v) is 30.7. The third-order valence-corrected chi connectivity index (χ3v) is 9.27. The Kier molecular flexibility index (Phi) is 9.76. The predicted octanol–water partition coefficient (Wildman–Crippen LogP) is 6.23. The second kappa shape index (κ2) is 13.1. The number of carbonyl (C=O) groups is 3. The zero-order valence-electron chi connectivity index (χ0n) is 30.0. The lowest BCUT2D eigenvalue weighted by atomic mass is 9.94. The fourth-order valence-corrected chi connectivity index (χ4v) is 7.11. The van der Waals surface area contributed by atoms with Gasteiger partial charge in [0.05, 0.1) is 17.1 Å². The first-order valence-corrected chi connectivity index (χ1v) is 16.9. The third kappa shape index (κ3) is 7.38. The summed E-state index contributed by atoms with van der Waals surface area (Å²) in [6.07, 6.45) is -0.736. The van der Waals surface area contributed by atoms with Crippen LogP contribution in [0.5, 0.6) is 11.5 Å². The van der Waals surface area contributed by atoms with Crippen LogP contribution in [0, 0.1) is 5.82 Å². The Balaban J connectivity index is 1.64. The van der Waals surface area contributed by atoms with E-state index in [0.717, 1.165) is 6.42 Å². The number of hydrogen-bond acceptors (Lipinski definition) is 10. The van der Waals surface area contributed by atoms with Crippen LogP contribution in [0.25, 0.3) is 11.3 Å². The number of pyridine rings is 1. The first kappa shape index (κ1) is 36.4. The van der Waals surface area contributed by atoms with E-state index < -0.39 is 40.8 Å². The molecule has 2 amide bonds. The topological polar surface area (TPSA) is 114 Å². The lowest BCUT2D eigenvalue weighted by Crippen LogP contribution is -2.58. The minimum Gasteiger partial charge on any atom is -0.489 e. The number of amides is 2. The number of carbonyl (C=O) groups excluding carboxylic acids is 3. The summed E-state index contributed by atoms with van der Waals surface area (Å²) in [5.41, 5.74) is -2.16. The molecule has 3 aliphatic heterocycles. The summed E-state index contributed by atoms with van der Waals surface area (Å²) in [5, 5.41) is -0.115. The highest BCUT2D eigenvalue weighted by Crippen LogP contribution is 2.48. The molecule has 0 bridgehead atoms. The number of benzene rings is 1. The highest BCUT2D eigenvalue weighted by molar-refractivity contribution is 6.35. The molecule has 0 radical (unpaired) electrons. The Morgan fingerprint density at radius 1 is 1.04 bits per heavy atom. The Morgan fingerprint density at radius 2 is 1.71 bits per heavy atom. The van der Waals surface area contributed by atoms with Crippen LogP contribution in [-0.2, 0) is 9.47 Å². The van der Waals surface area contributed by atoms with Gasteiger partial charge in [-0.1, -0.05) is 17.7 Å². The molecule has 0 aliphatic carbocycles. The van der Waals surface area contributed by atoms with Gasteiger partial charge in [-0.3, -0.25) is 4.79 Å². The van der Waals surface area contributed by atoms with Gasteiger partial charge >= 0.3 is 12.2 Å². The summed E-state index contributed by atoms with van der Waals surface area (Å²) in [6, 6.07) is 3.60. The maximum Gasteiger partial charge on any atom is 0.514 e. The normalized spacial score (nSPS) is 20.8. The molecule has 0 N–H and O–H groups in total. The van der Waals surface area contributed by atoms with E-state index in [1.165, 1.54) is 18.2 Å². The van der Waals surface area contributed by atoms with Gasteiger partial charge in [0.1, 0.15) is 51.5 Å². The number of halogens is 2. The Labute approximate surface area is 292 Å². The van der Waals surface area contributed by atoms with Crippen molar-refractivity contribution in [1.82, 2.24) is 19.7 Å². The van der Waals surface area contributed by atoms with Crippen LogP contribution < -0.4 is 14.4 Å². The third-order valence-electron chi connectivity index (χ3n) is 8.92. The molecule has 1 aromatic carbocycles. The van der Waals surface area contributed by atoms with Crippen molar-refractivity contribution in [2.75, 3.05) is 51.8 Å². The molecular formula is C35H47ClFN5O7.